The first-order valence-electron chi connectivity index (χ1n) is 6.68. The summed E-state index contributed by atoms with van der Waals surface area (Å²) in [5, 5.41) is 9.72. The van der Waals surface area contributed by atoms with E-state index in [4.69, 9.17) is 9.05 Å². The predicted octanol–water partition coefficient (Wildman–Crippen LogP) is 5.42. The zero-order valence-electron chi connectivity index (χ0n) is 12.1. The Morgan fingerprint density at radius 2 is 2.00 bits per heavy atom. The minimum atomic E-state index is -3.10. The topological polar surface area (TPSA) is 55.8 Å². The van der Waals surface area contributed by atoms with Crippen molar-refractivity contribution < 1.29 is 18.7 Å². The van der Waals surface area contributed by atoms with Crippen LogP contribution in [0.3, 0.4) is 0 Å². The second kappa shape index (κ2) is 9.70. The van der Waals surface area contributed by atoms with E-state index in [1.165, 1.54) is 17.6 Å². The summed E-state index contributed by atoms with van der Waals surface area (Å²) in [6.07, 6.45) is 2.51. The largest absolute Gasteiger partial charge is 0.507 e. The Morgan fingerprint density at radius 3 is 2.62 bits per heavy atom. The highest BCUT2D eigenvalue weighted by atomic mass is 79.9. The molecule has 0 atom stereocenters. The molecule has 0 saturated heterocycles. The van der Waals surface area contributed by atoms with E-state index in [9.17, 15) is 9.67 Å². The number of phenolic OH excluding ortho intramolecular Hbond substituents is 1. The van der Waals surface area contributed by atoms with Gasteiger partial charge in [0.2, 0.25) is 0 Å². The van der Waals surface area contributed by atoms with E-state index < -0.39 is 7.60 Å². The number of allylic oxidation sites excluding steroid dienone is 1. The van der Waals surface area contributed by atoms with Crippen molar-refractivity contribution >= 4 is 35.3 Å². The van der Waals surface area contributed by atoms with Crippen LogP contribution in [-0.2, 0) is 13.6 Å². The third kappa shape index (κ3) is 7.02. The van der Waals surface area contributed by atoms with Gasteiger partial charge in [-0.2, -0.15) is 0 Å². The Labute approximate surface area is 138 Å². The summed E-state index contributed by atoms with van der Waals surface area (Å²) in [5.41, 5.74) is 0. The fourth-order valence-corrected chi connectivity index (χ4v) is 4.31. The number of benzene rings is 1. The lowest BCUT2D eigenvalue weighted by Crippen LogP contribution is -1.92. The first kappa shape index (κ1) is 18.8. The van der Waals surface area contributed by atoms with Crippen molar-refractivity contribution in [1.82, 2.24) is 0 Å². The molecule has 0 saturated carbocycles. The van der Waals surface area contributed by atoms with Crippen LogP contribution in [-0.4, -0.2) is 24.1 Å². The molecule has 0 aliphatic carbocycles. The molecular weight excluding hydrogens is 375 g/mol. The van der Waals surface area contributed by atoms with Crippen LogP contribution in [0.25, 0.3) is 0 Å². The predicted molar refractivity (Wildman–Crippen MR) is 91.1 cm³/mol. The Balaban J connectivity index is 2.47. The molecule has 1 aromatic carbocycles. The van der Waals surface area contributed by atoms with Crippen molar-refractivity contribution in [3.63, 3.8) is 0 Å². The smallest absolute Gasteiger partial charge is 0.353 e. The maximum absolute atomic E-state index is 12.2. The van der Waals surface area contributed by atoms with Crippen molar-refractivity contribution in [2.45, 2.75) is 25.2 Å². The van der Waals surface area contributed by atoms with Gasteiger partial charge in [0.15, 0.2) is 0 Å². The molecule has 7 heteroatoms. The summed E-state index contributed by atoms with van der Waals surface area (Å²) in [5.74, 6) is 2.54. The van der Waals surface area contributed by atoms with E-state index in [0.29, 0.717) is 19.6 Å². The molecule has 0 aromatic heterocycles. The average molecular weight is 395 g/mol. The van der Waals surface area contributed by atoms with Crippen LogP contribution < -0.4 is 0 Å². The first-order valence-corrected chi connectivity index (χ1v) is 10.1. The van der Waals surface area contributed by atoms with Gasteiger partial charge in [-0.15, -0.1) is 11.8 Å². The van der Waals surface area contributed by atoms with Gasteiger partial charge in [-0.25, -0.2) is 0 Å². The highest BCUT2D eigenvalue weighted by molar-refractivity contribution is 9.10. The van der Waals surface area contributed by atoms with Crippen molar-refractivity contribution in [3.05, 3.63) is 34.6 Å². The Kier molecular flexibility index (Phi) is 8.67. The fourth-order valence-electron chi connectivity index (χ4n) is 1.53. The van der Waals surface area contributed by atoms with Crippen LogP contribution in [0.1, 0.15) is 20.3 Å². The van der Waals surface area contributed by atoms with Crippen molar-refractivity contribution in [3.8, 4) is 5.75 Å². The van der Waals surface area contributed by atoms with Gasteiger partial charge in [-0.05, 0) is 38.5 Å². The van der Waals surface area contributed by atoms with E-state index in [1.54, 1.807) is 32.1 Å². The maximum Gasteiger partial charge on any atom is 0.353 e. The van der Waals surface area contributed by atoms with Crippen LogP contribution in [0, 0.1) is 0 Å². The summed E-state index contributed by atoms with van der Waals surface area (Å²) in [4.78, 5) is 0.815. The first-order chi connectivity index (χ1) is 10.0. The minimum absolute atomic E-state index is 0.265. The monoisotopic (exact) mass is 394 g/mol. The van der Waals surface area contributed by atoms with Crippen molar-refractivity contribution in [2.75, 3.05) is 19.0 Å². The second-order valence-electron chi connectivity index (χ2n) is 4.01. The van der Waals surface area contributed by atoms with E-state index in [0.717, 1.165) is 15.1 Å². The molecule has 0 unspecified atom stereocenters. The minimum Gasteiger partial charge on any atom is -0.507 e. The van der Waals surface area contributed by atoms with Gasteiger partial charge < -0.3 is 14.2 Å². The number of hydrogen-bond donors (Lipinski definition) is 1. The lowest BCUT2D eigenvalue weighted by molar-refractivity contribution is 0.229. The van der Waals surface area contributed by atoms with Gasteiger partial charge in [0.05, 0.1) is 18.1 Å². The summed E-state index contributed by atoms with van der Waals surface area (Å²) in [7, 11) is -3.10. The number of hydrogen-bond acceptors (Lipinski definition) is 5. The van der Waals surface area contributed by atoms with E-state index in [1.807, 2.05) is 6.07 Å². The fraction of sp³-hybridized carbons (Fsp3) is 0.429. The molecule has 0 spiro atoms. The molecular formula is C14H20BrO4PS. The lowest BCUT2D eigenvalue weighted by Gasteiger charge is -2.12. The molecule has 118 valence electrons. The molecule has 0 aliphatic heterocycles. The zero-order chi connectivity index (χ0) is 15.7. The van der Waals surface area contributed by atoms with Crippen LogP contribution in [0.4, 0.5) is 0 Å². The third-order valence-corrected chi connectivity index (χ3v) is 5.75. The molecule has 0 radical (unpaired) electrons. The Hall–Kier alpha value is -0.260. The number of halogens is 1. The molecule has 4 nitrogen and oxygen atoms in total. The Bertz CT molecular complexity index is 512. The normalized spacial score (nSPS) is 12.1. The maximum atomic E-state index is 12.2. The molecule has 0 bridgehead atoms. The van der Waals surface area contributed by atoms with Crippen LogP contribution in [0.5, 0.6) is 5.75 Å². The zero-order valence-corrected chi connectivity index (χ0v) is 15.4. The van der Waals surface area contributed by atoms with Gasteiger partial charge in [-0.3, -0.25) is 4.57 Å². The van der Waals surface area contributed by atoms with E-state index in [2.05, 4.69) is 15.9 Å². The van der Waals surface area contributed by atoms with Gasteiger partial charge in [0, 0.05) is 16.0 Å². The van der Waals surface area contributed by atoms with Crippen LogP contribution in [0.2, 0.25) is 0 Å². The van der Waals surface area contributed by atoms with Crippen molar-refractivity contribution in [1.29, 1.82) is 0 Å². The molecule has 1 N–H and O–H groups in total. The standard InChI is InChI=1S/C14H20BrO4PS/c1-3-18-20(17,19-4-2)9-5-6-10-21-14-11-12(15)7-8-13(14)16/h5,7-9,11,16H,3-4,6,10H2,1-2H3. The highest BCUT2D eigenvalue weighted by Crippen LogP contribution is 2.49. The third-order valence-electron chi connectivity index (χ3n) is 2.37. The molecule has 0 fully saturated rings. The highest BCUT2D eigenvalue weighted by Gasteiger charge is 2.18. The van der Waals surface area contributed by atoms with Crippen LogP contribution >= 0.6 is 35.3 Å². The van der Waals surface area contributed by atoms with Gasteiger partial charge in [0.1, 0.15) is 5.75 Å². The number of aromatic hydroxyl groups is 1. The number of thioether (sulfide) groups is 1. The molecule has 0 heterocycles. The quantitative estimate of drug-likeness (QED) is 0.344. The summed E-state index contributed by atoms with van der Waals surface area (Å²) in [6, 6.07) is 5.31. The number of rotatable bonds is 9. The molecule has 21 heavy (non-hydrogen) atoms. The summed E-state index contributed by atoms with van der Waals surface area (Å²) >= 11 is 4.91. The Morgan fingerprint density at radius 1 is 1.33 bits per heavy atom. The van der Waals surface area contributed by atoms with Crippen LogP contribution in [0.15, 0.2) is 39.5 Å². The number of phenols is 1. The van der Waals surface area contributed by atoms with Crippen molar-refractivity contribution in [2.24, 2.45) is 0 Å². The molecule has 1 rings (SSSR count). The average Bonchev–Trinajstić information content (AvgIpc) is 2.42. The van der Waals surface area contributed by atoms with Gasteiger partial charge >= 0.3 is 7.60 Å². The summed E-state index contributed by atoms with van der Waals surface area (Å²) < 4.78 is 23.4. The molecule has 0 amide bonds. The van der Waals surface area contributed by atoms with E-state index >= 15 is 0 Å². The SMILES string of the molecule is CCOP(=O)(C=CCCSc1cc(Br)ccc1O)OCC. The molecule has 0 aliphatic rings. The van der Waals surface area contributed by atoms with E-state index in [-0.39, 0.29) is 5.75 Å². The van der Waals surface area contributed by atoms with Gasteiger partial charge in [0.25, 0.3) is 0 Å². The van der Waals surface area contributed by atoms with Gasteiger partial charge in [-0.1, -0.05) is 22.0 Å². The summed E-state index contributed by atoms with van der Waals surface area (Å²) in [6.45, 7) is 4.27. The lowest BCUT2D eigenvalue weighted by atomic mass is 10.3. The second-order valence-corrected chi connectivity index (χ2v) is 7.96. The molecule has 1 aromatic rings.